The van der Waals surface area contributed by atoms with Gasteiger partial charge in [0.1, 0.15) is 11.6 Å². The number of hydrogen-bond donors (Lipinski definition) is 1. The molecule has 2 aromatic heterocycles. The minimum Gasteiger partial charge on any atom is -0.310 e. The molecule has 0 amide bonds. The lowest BCUT2D eigenvalue weighted by molar-refractivity contribution is 0.239. The molecule has 0 bridgehead atoms. The van der Waals surface area contributed by atoms with E-state index in [9.17, 15) is 9.18 Å². The van der Waals surface area contributed by atoms with Crippen molar-refractivity contribution in [1.82, 2.24) is 19.9 Å². The molecular weight excluding hydrogens is 331 g/mol. The number of aromatic amines is 1. The maximum absolute atomic E-state index is 13.1. The lowest BCUT2D eigenvalue weighted by Gasteiger charge is -2.27. The third-order valence-corrected chi connectivity index (χ3v) is 4.60. The third kappa shape index (κ3) is 3.41. The molecule has 26 heavy (non-hydrogen) atoms. The normalized spacial score (nSPS) is 14.2. The standard InChI is InChI=1S/C20H19FN4O/c1-13-22-19-9-10-25(12-17(19)20(26)23-13)11-16-3-2-4-18(24-16)14-5-7-15(21)8-6-14/h2-8H,9-12H2,1H3,(H,22,23,26). The Kier molecular flexibility index (Phi) is 4.34. The van der Waals surface area contributed by atoms with Crippen LogP contribution in [0.15, 0.2) is 47.3 Å². The molecule has 0 aliphatic carbocycles. The van der Waals surface area contributed by atoms with Gasteiger partial charge in [-0.2, -0.15) is 0 Å². The van der Waals surface area contributed by atoms with E-state index in [-0.39, 0.29) is 11.4 Å². The largest absolute Gasteiger partial charge is 0.310 e. The SMILES string of the molecule is Cc1nc2c(c(=O)[nH]1)CN(Cc1cccc(-c3ccc(F)cc3)n1)CC2. The predicted molar refractivity (Wildman–Crippen MR) is 97.0 cm³/mol. The summed E-state index contributed by atoms with van der Waals surface area (Å²) in [4.78, 5) is 26.3. The van der Waals surface area contributed by atoms with Crippen LogP contribution in [0.3, 0.4) is 0 Å². The van der Waals surface area contributed by atoms with E-state index in [2.05, 4.69) is 14.9 Å². The summed E-state index contributed by atoms with van der Waals surface area (Å²) in [7, 11) is 0. The van der Waals surface area contributed by atoms with Crippen molar-refractivity contribution >= 4 is 0 Å². The topological polar surface area (TPSA) is 61.9 Å². The number of nitrogens with zero attached hydrogens (tertiary/aromatic N) is 3. The number of rotatable bonds is 3. The maximum atomic E-state index is 13.1. The molecule has 0 atom stereocenters. The van der Waals surface area contributed by atoms with Gasteiger partial charge in [0, 0.05) is 31.6 Å². The van der Waals surface area contributed by atoms with E-state index in [4.69, 9.17) is 4.98 Å². The van der Waals surface area contributed by atoms with E-state index < -0.39 is 0 Å². The highest BCUT2D eigenvalue weighted by Gasteiger charge is 2.21. The Bertz CT molecular complexity index is 997. The fourth-order valence-corrected chi connectivity index (χ4v) is 3.32. The summed E-state index contributed by atoms with van der Waals surface area (Å²) in [5.41, 5.74) is 4.22. The number of H-pyrrole nitrogens is 1. The summed E-state index contributed by atoms with van der Waals surface area (Å²) < 4.78 is 13.1. The van der Waals surface area contributed by atoms with Crippen LogP contribution in [0.1, 0.15) is 22.8 Å². The van der Waals surface area contributed by atoms with Crippen LogP contribution in [0, 0.1) is 12.7 Å². The highest BCUT2D eigenvalue weighted by molar-refractivity contribution is 5.58. The monoisotopic (exact) mass is 350 g/mol. The van der Waals surface area contributed by atoms with Crippen LogP contribution in [0.25, 0.3) is 11.3 Å². The number of benzene rings is 1. The highest BCUT2D eigenvalue weighted by atomic mass is 19.1. The second-order valence-electron chi connectivity index (χ2n) is 6.56. The Morgan fingerprint density at radius 2 is 1.96 bits per heavy atom. The molecule has 0 saturated carbocycles. The summed E-state index contributed by atoms with van der Waals surface area (Å²) in [6.45, 7) is 3.87. The minimum atomic E-state index is -0.258. The van der Waals surface area contributed by atoms with E-state index >= 15 is 0 Å². The number of fused-ring (bicyclic) bond motifs is 1. The van der Waals surface area contributed by atoms with E-state index in [1.165, 1.54) is 12.1 Å². The van der Waals surface area contributed by atoms with Gasteiger partial charge in [0.25, 0.3) is 5.56 Å². The van der Waals surface area contributed by atoms with Crippen LogP contribution >= 0.6 is 0 Å². The molecular formula is C20H19FN4O. The van der Waals surface area contributed by atoms with Gasteiger partial charge in [-0.05, 0) is 43.3 Å². The average molecular weight is 350 g/mol. The van der Waals surface area contributed by atoms with Gasteiger partial charge < -0.3 is 4.98 Å². The second kappa shape index (κ2) is 6.80. The highest BCUT2D eigenvalue weighted by Crippen LogP contribution is 2.20. The zero-order chi connectivity index (χ0) is 18.1. The van der Waals surface area contributed by atoms with Crippen LogP contribution in [0.5, 0.6) is 0 Å². The summed E-state index contributed by atoms with van der Waals surface area (Å²) in [6, 6.07) is 12.2. The molecule has 1 aromatic carbocycles. The molecule has 0 saturated heterocycles. The van der Waals surface area contributed by atoms with Gasteiger partial charge in [0.15, 0.2) is 0 Å². The fraction of sp³-hybridized carbons (Fsp3) is 0.250. The minimum absolute atomic E-state index is 0.0507. The first-order valence-electron chi connectivity index (χ1n) is 8.61. The van der Waals surface area contributed by atoms with Gasteiger partial charge >= 0.3 is 0 Å². The Labute approximate surface area is 150 Å². The molecule has 0 spiro atoms. The molecule has 5 nitrogen and oxygen atoms in total. The van der Waals surface area contributed by atoms with Crippen LogP contribution in [0.4, 0.5) is 4.39 Å². The summed E-state index contributed by atoms with van der Waals surface area (Å²) in [5.74, 6) is 0.404. The predicted octanol–water partition coefficient (Wildman–Crippen LogP) is 2.84. The molecule has 3 aromatic rings. The summed E-state index contributed by atoms with van der Waals surface area (Å²) in [5, 5.41) is 0. The van der Waals surface area contributed by atoms with Gasteiger partial charge in [-0.15, -0.1) is 0 Å². The van der Waals surface area contributed by atoms with Crippen molar-refractivity contribution in [2.75, 3.05) is 6.54 Å². The van der Waals surface area contributed by atoms with Crippen molar-refractivity contribution in [1.29, 1.82) is 0 Å². The number of aryl methyl sites for hydroxylation is 1. The molecule has 0 radical (unpaired) electrons. The number of hydrogen-bond acceptors (Lipinski definition) is 4. The Morgan fingerprint density at radius 1 is 1.15 bits per heavy atom. The van der Waals surface area contributed by atoms with E-state index in [1.807, 2.05) is 18.2 Å². The van der Waals surface area contributed by atoms with E-state index in [1.54, 1.807) is 19.1 Å². The number of pyridine rings is 1. The van der Waals surface area contributed by atoms with Crippen molar-refractivity contribution in [2.24, 2.45) is 0 Å². The van der Waals surface area contributed by atoms with E-state index in [0.29, 0.717) is 18.9 Å². The van der Waals surface area contributed by atoms with Crippen molar-refractivity contribution in [3.8, 4) is 11.3 Å². The summed E-state index contributed by atoms with van der Waals surface area (Å²) >= 11 is 0. The van der Waals surface area contributed by atoms with Gasteiger partial charge in [-0.25, -0.2) is 9.37 Å². The number of nitrogens with one attached hydrogen (secondary N) is 1. The molecule has 1 N–H and O–H groups in total. The second-order valence-corrected chi connectivity index (χ2v) is 6.56. The van der Waals surface area contributed by atoms with E-state index in [0.717, 1.165) is 41.2 Å². The van der Waals surface area contributed by atoms with Gasteiger partial charge in [0.05, 0.1) is 22.6 Å². The molecule has 1 aliphatic heterocycles. The third-order valence-electron chi connectivity index (χ3n) is 4.60. The maximum Gasteiger partial charge on any atom is 0.255 e. The average Bonchev–Trinajstić information content (AvgIpc) is 2.63. The molecule has 132 valence electrons. The van der Waals surface area contributed by atoms with Gasteiger partial charge in [-0.1, -0.05) is 6.07 Å². The summed E-state index contributed by atoms with van der Waals surface area (Å²) in [6.07, 6.45) is 0.762. The van der Waals surface area contributed by atoms with Crippen molar-refractivity contribution < 1.29 is 4.39 Å². The van der Waals surface area contributed by atoms with Crippen molar-refractivity contribution in [3.63, 3.8) is 0 Å². The first-order chi connectivity index (χ1) is 12.6. The van der Waals surface area contributed by atoms with Crippen LogP contribution < -0.4 is 5.56 Å². The fourth-order valence-electron chi connectivity index (χ4n) is 3.32. The van der Waals surface area contributed by atoms with Crippen LogP contribution in [-0.4, -0.2) is 26.4 Å². The first kappa shape index (κ1) is 16.6. The van der Waals surface area contributed by atoms with Gasteiger partial charge in [-0.3, -0.25) is 14.7 Å². The lowest BCUT2D eigenvalue weighted by atomic mass is 10.1. The molecule has 3 heterocycles. The molecule has 6 heteroatoms. The van der Waals surface area contributed by atoms with Gasteiger partial charge in [0.2, 0.25) is 0 Å². The Hall–Kier alpha value is -2.86. The van der Waals surface area contributed by atoms with Crippen LogP contribution in [-0.2, 0) is 19.5 Å². The first-order valence-corrected chi connectivity index (χ1v) is 8.61. The Balaban J connectivity index is 1.54. The molecule has 0 fully saturated rings. The molecule has 1 aliphatic rings. The Morgan fingerprint density at radius 3 is 2.77 bits per heavy atom. The molecule has 0 unspecified atom stereocenters. The zero-order valence-electron chi connectivity index (χ0n) is 14.5. The number of aromatic nitrogens is 3. The zero-order valence-corrected chi connectivity index (χ0v) is 14.5. The number of halogens is 1. The van der Waals surface area contributed by atoms with Crippen molar-refractivity contribution in [2.45, 2.75) is 26.4 Å². The van der Waals surface area contributed by atoms with Crippen molar-refractivity contribution in [3.05, 3.63) is 81.4 Å². The lowest BCUT2D eigenvalue weighted by Crippen LogP contribution is -2.35. The molecule has 4 rings (SSSR count). The smallest absolute Gasteiger partial charge is 0.255 e. The van der Waals surface area contributed by atoms with Crippen LogP contribution in [0.2, 0.25) is 0 Å². The quantitative estimate of drug-likeness (QED) is 0.789.